The van der Waals surface area contributed by atoms with Gasteiger partial charge < -0.3 is 15.1 Å². The average molecular weight is 307 g/mol. The molecule has 0 saturated heterocycles. The van der Waals surface area contributed by atoms with Crippen molar-refractivity contribution in [2.75, 3.05) is 11.9 Å². The van der Waals surface area contributed by atoms with E-state index in [-0.39, 0.29) is 30.5 Å². The molecular formula is C15H15ClN2O3. The van der Waals surface area contributed by atoms with Gasteiger partial charge >= 0.3 is 0 Å². The maximum Gasteiger partial charge on any atom is 0.286 e. The molecule has 21 heavy (non-hydrogen) atoms. The first kappa shape index (κ1) is 15.1. The van der Waals surface area contributed by atoms with Crippen LogP contribution in [0.2, 0.25) is 5.02 Å². The number of aryl methyl sites for hydroxylation is 1. The minimum Gasteiger partial charge on any atom is -0.459 e. The Balaban J connectivity index is 1.80. The number of anilines is 1. The second-order valence-corrected chi connectivity index (χ2v) is 4.93. The van der Waals surface area contributed by atoms with Crippen molar-refractivity contribution in [2.24, 2.45) is 0 Å². The SMILES string of the molecule is Cc1ccc(Cl)cc1NC(=O)CCNC(=O)c1ccco1. The van der Waals surface area contributed by atoms with Crippen molar-refractivity contribution in [2.45, 2.75) is 13.3 Å². The number of carbonyl (C=O) groups excluding carboxylic acids is 2. The molecule has 6 heteroatoms. The van der Waals surface area contributed by atoms with E-state index in [1.54, 1.807) is 24.3 Å². The minimum atomic E-state index is -0.341. The predicted molar refractivity (Wildman–Crippen MR) is 80.5 cm³/mol. The molecule has 110 valence electrons. The van der Waals surface area contributed by atoms with Crippen molar-refractivity contribution in [3.63, 3.8) is 0 Å². The Kier molecular flexibility index (Phi) is 5.00. The largest absolute Gasteiger partial charge is 0.459 e. The summed E-state index contributed by atoms with van der Waals surface area (Å²) >= 11 is 5.88. The number of furan rings is 1. The number of hydrogen-bond acceptors (Lipinski definition) is 3. The molecule has 0 unspecified atom stereocenters. The Morgan fingerprint density at radius 3 is 2.81 bits per heavy atom. The molecule has 0 bridgehead atoms. The van der Waals surface area contributed by atoms with Gasteiger partial charge in [0.2, 0.25) is 5.91 Å². The lowest BCUT2D eigenvalue weighted by molar-refractivity contribution is -0.116. The zero-order valence-corrected chi connectivity index (χ0v) is 12.2. The molecular weight excluding hydrogens is 292 g/mol. The molecule has 1 heterocycles. The third-order valence-electron chi connectivity index (χ3n) is 2.86. The van der Waals surface area contributed by atoms with Crippen LogP contribution in [0.4, 0.5) is 5.69 Å². The van der Waals surface area contributed by atoms with Crippen molar-refractivity contribution >= 4 is 29.1 Å². The van der Waals surface area contributed by atoms with Crippen LogP contribution >= 0.6 is 11.6 Å². The van der Waals surface area contributed by atoms with Gasteiger partial charge in [0.25, 0.3) is 5.91 Å². The van der Waals surface area contributed by atoms with E-state index in [4.69, 9.17) is 16.0 Å². The van der Waals surface area contributed by atoms with Gasteiger partial charge in [0.1, 0.15) is 0 Å². The zero-order chi connectivity index (χ0) is 15.2. The summed E-state index contributed by atoms with van der Waals surface area (Å²) in [5, 5.41) is 5.93. The van der Waals surface area contributed by atoms with Gasteiger partial charge in [-0.2, -0.15) is 0 Å². The van der Waals surface area contributed by atoms with E-state index in [9.17, 15) is 9.59 Å². The fourth-order valence-electron chi connectivity index (χ4n) is 1.73. The van der Waals surface area contributed by atoms with Crippen LogP contribution in [0.3, 0.4) is 0 Å². The smallest absolute Gasteiger partial charge is 0.286 e. The van der Waals surface area contributed by atoms with Crippen LogP contribution in [0.1, 0.15) is 22.5 Å². The zero-order valence-electron chi connectivity index (χ0n) is 11.5. The normalized spacial score (nSPS) is 10.2. The van der Waals surface area contributed by atoms with E-state index in [0.29, 0.717) is 10.7 Å². The molecule has 1 aromatic carbocycles. The number of carbonyl (C=O) groups is 2. The highest BCUT2D eigenvalue weighted by molar-refractivity contribution is 6.31. The monoisotopic (exact) mass is 306 g/mol. The summed E-state index contributed by atoms with van der Waals surface area (Å²) < 4.78 is 4.95. The first-order chi connectivity index (χ1) is 10.1. The van der Waals surface area contributed by atoms with Gasteiger partial charge in [0, 0.05) is 23.7 Å². The predicted octanol–water partition coefficient (Wildman–Crippen LogP) is 3.00. The van der Waals surface area contributed by atoms with Gasteiger partial charge in [0.05, 0.1) is 6.26 Å². The van der Waals surface area contributed by atoms with E-state index < -0.39 is 0 Å². The molecule has 2 rings (SSSR count). The highest BCUT2D eigenvalue weighted by Crippen LogP contribution is 2.20. The molecule has 0 spiro atoms. The molecule has 2 N–H and O–H groups in total. The number of rotatable bonds is 5. The van der Waals surface area contributed by atoms with E-state index >= 15 is 0 Å². The first-order valence-electron chi connectivity index (χ1n) is 6.44. The van der Waals surface area contributed by atoms with Gasteiger partial charge in [-0.1, -0.05) is 17.7 Å². The summed E-state index contributed by atoms with van der Waals surface area (Å²) in [6.45, 7) is 2.11. The first-order valence-corrected chi connectivity index (χ1v) is 6.82. The molecule has 0 aliphatic heterocycles. The molecule has 0 aliphatic rings. The summed E-state index contributed by atoms with van der Waals surface area (Å²) in [5.74, 6) is -0.312. The fourth-order valence-corrected chi connectivity index (χ4v) is 1.90. The second kappa shape index (κ2) is 6.95. The Morgan fingerprint density at radius 1 is 1.29 bits per heavy atom. The van der Waals surface area contributed by atoms with Gasteiger partial charge in [-0.05, 0) is 36.8 Å². The van der Waals surface area contributed by atoms with Gasteiger partial charge in [-0.15, -0.1) is 0 Å². The summed E-state index contributed by atoms with van der Waals surface area (Å²) in [6.07, 6.45) is 1.59. The van der Waals surface area contributed by atoms with Crippen LogP contribution < -0.4 is 10.6 Å². The molecule has 0 atom stereocenters. The molecule has 0 radical (unpaired) electrons. The summed E-state index contributed by atoms with van der Waals surface area (Å²) in [6, 6.07) is 8.47. The third-order valence-corrected chi connectivity index (χ3v) is 3.09. The highest BCUT2D eigenvalue weighted by atomic mass is 35.5. The van der Waals surface area contributed by atoms with Crippen LogP contribution in [0.5, 0.6) is 0 Å². The quantitative estimate of drug-likeness (QED) is 0.892. The molecule has 0 saturated carbocycles. The number of amides is 2. The molecule has 2 aromatic rings. The third kappa shape index (κ3) is 4.36. The number of halogens is 1. The fraction of sp³-hybridized carbons (Fsp3) is 0.200. The maximum atomic E-state index is 11.8. The number of hydrogen-bond donors (Lipinski definition) is 2. The van der Waals surface area contributed by atoms with Crippen molar-refractivity contribution in [1.82, 2.24) is 5.32 Å². The molecule has 2 amide bonds. The Bertz CT molecular complexity index is 638. The lowest BCUT2D eigenvalue weighted by atomic mass is 10.2. The topological polar surface area (TPSA) is 71.3 Å². The molecule has 0 fully saturated rings. The summed E-state index contributed by atoms with van der Waals surface area (Å²) in [5.41, 5.74) is 1.59. The lowest BCUT2D eigenvalue weighted by Crippen LogP contribution is -2.27. The van der Waals surface area contributed by atoms with Gasteiger partial charge in [-0.25, -0.2) is 0 Å². The molecule has 0 aliphatic carbocycles. The number of nitrogens with one attached hydrogen (secondary N) is 2. The Labute approximate surface area is 127 Å². The summed E-state index contributed by atoms with van der Waals surface area (Å²) in [7, 11) is 0. The van der Waals surface area contributed by atoms with Crippen LogP contribution in [0.25, 0.3) is 0 Å². The van der Waals surface area contributed by atoms with Crippen LogP contribution in [0, 0.1) is 6.92 Å². The van der Waals surface area contributed by atoms with Crippen LogP contribution in [-0.2, 0) is 4.79 Å². The highest BCUT2D eigenvalue weighted by Gasteiger charge is 2.09. The van der Waals surface area contributed by atoms with Gasteiger partial charge in [0.15, 0.2) is 5.76 Å². The molecule has 1 aromatic heterocycles. The maximum absolute atomic E-state index is 11.8. The molecule has 5 nitrogen and oxygen atoms in total. The Morgan fingerprint density at radius 2 is 2.10 bits per heavy atom. The van der Waals surface area contributed by atoms with Crippen LogP contribution in [0.15, 0.2) is 41.0 Å². The minimum absolute atomic E-state index is 0.165. The van der Waals surface area contributed by atoms with E-state index in [2.05, 4.69) is 10.6 Å². The van der Waals surface area contributed by atoms with E-state index in [0.717, 1.165) is 5.56 Å². The standard InChI is InChI=1S/C15H15ClN2O3/c1-10-4-5-11(16)9-12(10)18-14(19)6-7-17-15(20)13-3-2-8-21-13/h2-5,8-9H,6-7H2,1H3,(H,17,20)(H,18,19). The van der Waals surface area contributed by atoms with Crippen molar-refractivity contribution in [3.05, 3.63) is 52.9 Å². The van der Waals surface area contributed by atoms with Crippen molar-refractivity contribution < 1.29 is 14.0 Å². The Hall–Kier alpha value is -2.27. The number of benzene rings is 1. The lowest BCUT2D eigenvalue weighted by Gasteiger charge is -2.09. The van der Waals surface area contributed by atoms with E-state index in [1.165, 1.54) is 6.26 Å². The van der Waals surface area contributed by atoms with Crippen molar-refractivity contribution in [3.8, 4) is 0 Å². The summed E-state index contributed by atoms with van der Waals surface area (Å²) in [4.78, 5) is 23.4. The van der Waals surface area contributed by atoms with Gasteiger partial charge in [-0.3, -0.25) is 9.59 Å². The average Bonchev–Trinajstić information content (AvgIpc) is 2.97. The van der Waals surface area contributed by atoms with Crippen LogP contribution in [-0.4, -0.2) is 18.4 Å². The van der Waals surface area contributed by atoms with E-state index in [1.807, 2.05) is 13.0 Å². The second-order valence-electron chi connectivity index (χ2n) is 4.49. The van der Waals surface area contributed by atoms with Crippen molar-refractivity contribution in [1.29, 1.82) is 0 Å².